The third-order valence-corrected chi connectivity index (χ3v) is 3.66. The van der Waals surface area contributed by atoms with Gasteiger partial charge in [-0.05, 0) is 51.2 Å². The molecule has 0 amide bonds. The second kappa shape index (κ2) is 6.80. The maximum Gasteiger partial charge on any atom is 0.108 e. The van der Waals surface area contributed by atoms with Crippen LogP contribution in [0.15, 0.2) is 0 Å². The van der Waals surface area contributed by atoms with Crippen LogP contribution in [0, 0.1) is 11.8 Å². The van der Waals surface area contributed by atoms with Crippen LogP contribution in [0.1, 0.15) is 26.2 Å². The van der Waals surface area contributed by atoms with Crippen molar-refractivity contribution in [2.75, 3.05) is 33.3 Å². The molecular formula is C12H25ClN2O. The highest BCUT2D eigenvalue weighted by molar-refractivity contribution is 5.85. The number of piperidine rings is 1. The molecule has 2 aliphatic heterocycles. The molecule has 2 aliphatic rings. The molecule has 0 spiro atoms. The lowest BCUT2D eigenvalue weighted by atomic mass is 9.92. The molecule has 0 aromatic rings. The van der Waals surface area contributed by atoms with Crippen molar-refractivity contribution in [1.82, 2.24) is 10.2 Å². The minimum Gasteiger partial charge on any atom is -0.363 e. The lowest BCUT2D eigenvalue weighted by Crippen LogP contribution is -2.44. The van der Waals surface area contributed by atoms with Crippen LogP contribution in [-0.4, -0.2) is 44.4 Å². The van der Waals surface area contributed by atoms with Crippen molar-refractivity contribution in [2.24, 2.45) is 11.8 Å². The Hall–Kier alpha value is 0.170. The van der Waals surface area contributed by atoms with E-state index in [0.29, 0.717) is 12.1 Å². The van der Waals surface area contributed by atoms with Crippen molar-refractivity contribution in [3.63, 3.8) is 0 Å². The van der Waals surface area contributed by atoms with Gasteiger partial charge in [-0.3, -0.25) is 5.32 Å². The molecule has 0 aliphatic carbocycles. The van der Waals surface area contributed by atoms with Gasteiger partial charge in [0.15, 0.2) is 0 Å². The quantitative estimate of drug-likeness (QED) is 0.806. The van der Waals surface area contributed by atoms with E-state index >= 15 is 0 Å². The van der Waals surface area contributed by atoms with E-state index in [9.17, 15) is 0 Å². The molecule has 2 rings (SSSR count). The molecule has 0 aromatic heterocycles. The predicted octanol–water partition coefficient (Wildman–Crippen LogP) is 1.72. The van der Waals surface area contributed by atoms with Crippen molar-refractivity contribution < 1.29 is 4.74 Å². The monoisotopic (exact) mass is 248 g/mol. The SMILES string of the molecule is CC1CNC(CC2CCN(C)CC2)OC1.Cl. The second-order valence-corrected chi connectivity index (χ2v) is 5.32. The number of nitrogens with zero attached hydrogens (tertiary/aromatic N) is 1. The van der Waals surface area contributed by atoms with E-state index in [2.05, 4.69) is 24.2 Å². The van der Waals surface area contributed by atoms with E-state index in [0.717, 1.165) is 19.1 Å². The molecule has 2 heterocycles. The minimum atomic E-state index is 0. The van der Waals surface area contributed by atoms with Crippen molar-refractivity contribution in [3.8, 4) is 0 Å². The lowest BCUT2D eigenvalue weighted by Gasteiger charge is -2.34. The van der Waals surface area contributed by atoms with Crippen LogP contribution < -0.4 is 5.32 Å². The van der Waals surface area contributed by atoms with Crippen molar-refractivity contribution >= 4 is 12.4 Å². The number of nitrogens with one attached hydrogen (secondary N) is 1. The second-order valence-electron chi connectivity index (χ2n) is 5.32. The fourth-order valence-corrected chi connectivity index (χ4v) is 2.48. The van der Waals surface area contributed by atoms with Gasteiger partial charge < -0.3 is 9.64 Å². The zero-order valence-corrected chi connectivity index (χ0v) is 11.3. The number of rotatable bonds is 2. The molecule has 0 aromatic carbocycles. The maximum absolute atomic E-state index is 5.80. The standard InChI is InChI=1S/C12H24N2O.ClH/c1-10-8-13-12(15-9-10)7-11-3-5-14(2)6-4-11;/h10-13H,3-9H2,1-2H3;1H. The van der Waals surface area contributed by atoms with E-state index in [4.69, 9.17) is 4.74 Å². The summed E-state index contributed by atoms with van der Waals surface area (Å²) in [4.78, 5) is 2.42. The summed E-state index contributed by atoms with van der Waals surface area (Å²) >= 11 is 0. The van der Waals surface area contributed by atoms with E-state index in [-0.39, 0.29) is 12.4 Å². The van der Waals surface area contributed by atoms with Gasteiger partial charge in [-0.1, -0.05) is 6.92 Å². The first-order chi connectivity index (χ1) is 7.24. The van der Waals surface area contributed by atoms with E-state index < -0.39 is 0 Å². The van der Waals surface area contributed by atoms with E-state index in [1.165, 1.54) is 32.4 Å². The molecule has 0 bridgehead atoms. The summed E-state index contributed by atoms with van der Waals surface area (Å²) in [7, 11) is 2.22. The molecule has 96 valence electrons. The summed E-state index contributed by atoms with van der Waals surface area (Å²) in [6, 6.07) is 0. The van der Waals surface area contributed by atoms with Crippen LogP contribution >= 0.6 is 12.4 Å². The van der Waals surface area contributed by atoms with Gasteiger partial charge in [-0.2, -0.15) is 0 Å². The molecular weight excluding hydrogens is 224 g/mol. The lowest BCUT2D eigenvalue weighted by molar-refractivity contribution is -0.0398. The van der Waals surface area contributed by atoms with E-state index in [1.807, 2.05) is 0 Å². The zero-order chi connectivity index (χ0) is 10.7. The van der Waals surface area contributed by atoms with Crippen molar-refractivity contribution in [1.29, 1.82) is 0 Å². The average Bonchev–Trinajstić information content (AvgIpc) is 2.25. The van der Waals surface area contributed by atoms with Crippen LogP contribution in [0.2, 0.25) is 0 Å². The molecule has 16 heavy (non-hydrogen) atoms. The smallest absolute Gasteiger partial charge is 0.108 e. The number of hydrogen-bond donors (Lipinski definition) is 1. The topological polar surface area (TPSA) is 24.5 Å². The average molecular weight is 249 g/mol. The van der Waals surface area contributed by atoms with Gasteiger partial charge in [0.1, 0.15) is 6.23 Å². The summed E-state index contributed by atoms with van der Waals surface area (Å²) in [5.74, 6) is 1.55. The van der Waals surface area contributed by atoms with Crippen molar-refractivity contribution in [2.45, 2.75) is 32.4 Å². The highest BCUT2D eigenvalue weighted by atomic mass is 35.5. The Labute approximate surface area is 105 Å². The molecule has 4 heteroatoms. The van der Waals surface area contributed by atoms with Gasteiger partial charge in [0.25, 0.3) is 0 Å². The fraction of sp³-hybridized carbons (Fsp3) is 1.00. The Kier molecular flexibility index (Phi) is 6.05. The maximum atomic E-state index is 5.80. The molecule has 0 saturated carbocycles. The third kappa shape index (κ3) is 4.21. The molecule has 2 atom stereocenters. The zero-order valence-electron chi connectivity index (χ0n) is 10.4. The first-order valence-corrected chi connectivity index (χ1v) is 6.27. The van der Waals surface area contributed by atoms with Gasteiger partial charge >= 0.3 is 0 Å². The van der Waals surface area contributed by atoms with Gasteiger partial charge in [-0.15, -0.1) is 12.4 Å². The Morgan fingerprint density at radius 2 is 2.00 bits per heavy atom. The number of halogens is 1. The predicted molar refractivity (Wildman–Crippen MR) is 69.0 cm³/mol. The molecule has 1 N–H and O–H groups in total. The number of ether oxygens (including phenoxy) is 1. The Morgan fingerprint density at radius 3 is 2.56 bits per heavy atom. The Balaban J connectivity index is 0.00000128. The minimum absolute atomic E-state index is 0. The Morgan fingerprint density at radius 1 is 1.31 bits per heavy atom. The van der Waals surface area contributed by atoms with Gasteiger partial charge in [-0.25, -0.2) is 0 Å². The highest BCUT2D eigenvalue weighted by Gasteiger charge is 2.23. The first-order valence-electron chi connectivity index (χ1n) is 6.27. The normalized spacial score (nSPS) is 33.4. The summed E-state index contributed by atoms with van der Waals surface area (Å²) in [6.07, 6.45) is 4.22. The summed E-state index contributed by atoms with van der Waals surface area (Å²) in [5.41, 5.74) is 0. The molecule has 3 nitrogen and oxygen atoms in total. The number of likely N-dealkylation sites (tertiary alicyclic amines) is 1. The van der Waals surface area contributed by atoms with Gasteiger partial charge in [0, 0.05) is 6.54 Å². The van der Waals surface area contributed by atoms with E-state index in [1.54, 1.807) is 0 Å². The summed E-state index contributed by atoms with van der Waals surface area (Å²) in [5, 5.41) is 3.49. The van der Waals surface area contributed by atoms with Crippen LogP contribution in [-0.2, 0) is 4.74 Å². The molecule has 0 radical (unpaired) electrons. The number of hydrogen-bond acceptors (Lipinski definition) is 3. The third-order valence-electron chi connectivity index (χ3n) is 3.66. The van der Waals surface area contributed by atoms with Crippen LogP contribution in [0.5, 0.6) is 0 Å². The van der Waals surface area contributed by atoms with Gasteiger partial charge in [0.2, 0.25) is 0 Å². The molecule has 2 fully saturated rings. The fourth-order valence-electron chi connectivity index (χ4n) is 2.48. The summed E-state index contributed by atoms with van der Waals surface area (Å²) in [6.45, 7) is 6.81. The van der Waals surface area contributed by atoms with Crippen LogP contribution in [0.25, 0.3) is 0 Å². The molecule has 2 unspecified atom stereocenters. The Bertz CT molecular complexity index is 167. The van der Waals surface area contributed by atoms with Crippen LogP contribution in [0.4, 0.5) is 0 Å². The summed E-state index contributed by atoms with van der Waals surface area (Å²) < 4.78 is 5.80. The van der Waals surface area contributed by atoms with Crippen LogP contribution in [0.3, 0.4) is 0 Å². The largest absolute Gasteiger partial charge is 0.363 e. The molecule has 2 saturated heterocycles. The van der Waals surface area contributed by atoms with Gasteiger partial charge in [0.05, 0.1) is 6.61 Å². The first kappa shape index (κ1) is 14.2. The highest BCUT2D eigenvalue weighted by Crippen LogP contribution is 2.22. The van der Waals surface area contributed by atoms with Crippen molar-refractivity contribution in [3.05, 3.63) is 0 Å².